The molecule has 21 atom stereocenters. The molecule has 2 unspecified atom stereocenters. The Morgan fingerprint density at radius 2 is 1.40 bits per heavy atom. The summed E-state index contributed by atoms with van der Waals surface area (Å²) in [5, 5.41) is 95.8. The maximum absolute atomic E-state index is 11.9. The number of rotatable bonds is 11. The van der Waals surface area contributed by atoms with E-state index in [1.54, 1.807) is 0 Å². The van der Waals surface area contributed by atoms with Crippen LogP contribution in [0.15, 0.2) is 0 Å². The fourth-order valence-electron chi connectivity index (χ4n) is 13.8. The van der Waals surface area contributed by atoms with Gasteiger partial charge in [-0.25, -0.2) is 0 Å². The maximum Gasteiger partial charge on any atom is 0.186 e. The zero-order valence-corrected chi connectivity index (χ0v) is 35.4. The van der Waals surface area contributed by atoms with Gasteiger partial charge in [-0.3, -0.25) is 0 Å². The Morgan fingerprint density at radius 1 is 0.719 bits per heavy atom. The van der Waals surface area contributed by atoms with E-state index in [9.17, 15) is 46.0 Å². The van der Waals surface area contributed by atoms with Crippen LogP contribution in [-0.2, 0) is 23.7 Å². The lowest BCUT2D eigenvalue weighted by atomic mass is 9.51. The Kier molecular flexibility index (Phi) is 12.0. The van der Waals surface area contributed by atoms with Gasteiger partial charge < -0.3 is 69.6 Å². The number of hydrogen-bond acceptors (Lipinski definition) is 14. The minimum Gasteiger partial charge on any atom is -0.394 e. The van der Waals surface area contributed by atoms with Crippen molar-refractivity contribution in [1.82, 2.24) is 0 Å². The smallest absolute Gasteiger partial charge is 0.186 e. The summed E-state index contributed by atoms with van der Waals surface area (Å²) in [6.45, 7) is 16.4. The molecule has 7 rings (SSSR count). The van der Waals surface area contributed by atoms with Gasteiger partial charge in [0.1, 0.15) is 42.7 Å². The van der Waals surface area contributed by atoms with Gasteiger partial charge in [-0.1, -0.05) is 41.5 Å². The van der Waals surface area contributed by atoms with Crippen LogP contribution in [0.5, 0.6) is 0 Å². The highest BCUT2D eigenvalue weighted by molar-refractivity contribution is 5.26. The highest BCUT2D eigenvalue weighted by Gasteiger charge is 2.77. The highest BCUT2D eigenvalue weighted by atomic mass is 16.7. The van der Waals surface area contributed by atoms with Gasteiger partial charge >= 0.3 is 0 Å². The molecule has 0 aromatic heterocycles. The van der Waals surface area contributed by atoms with Crippen LogP contribution < -0.4 is 0 Å². The molecule has 0 aromatic carbocycles. The van der Waals surface area contributed by atoms with Gasteiger partial charge in [0.2, 0.25) is 0 Å². The van der Waals surface area contributed by atoms with Crippen LogP contribution in [0.1, 0.15) is 120 Å². The molecule has 3 saturated heterocycles. The fraction of sp³-hybridized carbons (Fsp3) is 1.00. The summed E-state index contributed by atoms with van der Waals surface area (Å²) in [5.41, 5.74) is -1.82. The first-order valence-corrected chi connectivity index (χ1v) is 21.8. The highest BCUT2D eigenvalue weighted by Crippen LogP contribution is 2.82. The van der Waals surface area contributed by atoms with Gasteiger partial charge in [0.15, 0.2) is 12.6 Å². The van der Waals surface area contributed by atoms with E-state index < -0.39 is 97.3 Å². The number of aliphatic hydroxyl groups is 9. The zero-order valence-electron chi connectivity index (χ0n) is 35.4. The molecule has 14 nitrogen and oxygen atoms in total. The molecule has 9 N–H and O–H groups in total. The molecule has 0 bridgehead atoms. The molecule has 1 spiro atoms. The second kappa shape index (κ2) is 15.4. The van der Waals surface area contributed by atoms with E-state index in [1.807, 2.05) is 13.8 Å². The molecule has 3 aliphatic heterocycles. The van der Waals surface area contributed by atoms with Crippen molar-refractivity contribution in [1.29, 1.82) is 0 Å². The molecule has 7 fully saturated rings. The lowest BCUT2D eigenvalue weighted by molar-refractivity contribution is -0.333. The van der Waals surface area contributed by atoms with Crippen LogP contribution >= 0.6 is 0 Å². The Bertz CT molecular complexity index is 1430. The molecule has 3 heterocycles. The van der Waals surface area contributed by atoms with Crippen molar-refractivity contribution in [3.63, 3.8) is 0 Å². The summed E-state index contributed by atoms with van der Waals surface area (Å²) >= 11 is 0. The van der Waals surface area contributed by atoms with Gasteiger partial charge in [0.05, 0.1) is 49.3 Å². The molecular weight excluding hydrogens is 740 g/mol. The summed E-state index contributed by atoms with van der Waals surface area (Å²) in [5.74, 6) is -0.264. The van der Waals surface area contributed by atoms with Crippen LogP contribution in [0.2, 0.25) is 0 Å². The molecule has 0 aromatic rings. The molecular formula is C43H74O14. The summed E-state index contributed by atoms with van der Waals surface area (Å²) in [6.07, 6.45) is -6.22. The average molecular weight is 815 g/mol. The van der Waals surface area contributed by atoms with E-state index in [-0.39, 0.29) is 52.1 Å². The van der Waals surface area contributed by atoms with E-state index in [4.69, 9.17) is 23.7 Å². The van der Waals surface area contributed by atoms with Crippen molar-refractivity contribution in [2.24, 2.45) is 44.8 Å². The van der Waals surface area contributed by atoms with Gasteiger partial charge in [-0.15, -0.1) is 0 Å². The van der Waals surface area contributed by atoms with Crippen molar-refractivity contribution < 1.29 is 69.6 Å². The van der Waals surface area contributed by atoms with E-state index in [0.29, 0.717) is 19.3 Å². The summed E-state index contributed by atoms with van der Waals surface area (Å²) < 4.78 is 31.7. The molecule has 0 radical (unpaired) electrons. The molecule has 4 saturated carbocycles. The minimum absolute atomic E-state index is 0.0146. The summed E-state index contributed by atoms with van der Waals surface area (Å²) in [7, 11) is 0. The van der Waals surface area contributed by atoms with Crippen molar-refractivity contribution in [3.05, 3.63) is 0 Å². The Morgan fingerprint density at radius 3 is 2.07 bits per heavy atom. The largest absolute Gasteiger partial charge is 0.394 e. The van der Waals surface area contributed by atoms with E-state index in [0.717, 1.165) is 44.9 Å². The van der Waals surface area contributed by atoms with Crippen LogP contribution in [0.3, 0.4) is 0 Å². The topological polar surface area (TPSA) is 228 Å². The second-order valence-electron chi connectivity index (χ2n) is 21.4. The SMILES string of the molecule is CC(O)C(C)[C@@H]1CC[C@](C)([C@H]2[C@@H](O)CC(C)(C)[C@]2(C)CC[C@]23CC[C@H](O[C@@H]4O[C@H](CO)[C@@H](O)[C@H](O)[C@H]4O)[C@H]4C(C)(C)[C@@H](O[C@@H]5OC[C@@H](O)[C@H](O)[C@H]5O)CC[C@@]42C3)O1. The van der Waals surface area contributed by atoms with Gasteiger partial charge in [-0.05, 0) is 111 Å². The third-order valence-corrected chi connectivity index (χ3v) is 17.7. The van der Waals surface area contributed by atoms with Gasteiger partial charge in [0, 0.05) is 11.8 Å². The first-order chi connectivity index (χ1) is 26.5. The first kappa shape index (κ1) is 44.5. The zero-order chi connectivity index (χ0) is 41.8. The van der Waals surface area contributed by atoms with E-state index in [1.165, 1.54) is 0 Å². The number of aliphatic hydroxyl groups excluding tert-OH is 9. The third kappa shape index (κ3) is 7.09. The van der Waals surface area contributed by atoms with Crippen molar-refractivity contribution in [2.45, 2.75) is 211 Å². The Hall–Kier alpha value is -0.560. The number of hydrogen-bond donors (Lipinski definition) is 9. The molecule has 330 valence electrons. The summed E-state index contributed by atoms with van der Waals surface area (Å²) in [4.78, 5) is 0. The molecule has 7 aliphatic rings. The lowest BCUT2D eigenvalue weighted by Gasteiger charge is -2.58. The average Bonchev–Trinajstić information content (AvgIpc) is 3.55. The lowest BCUT2D eigenvalue weighted by Crippen LogP contribution is -2.62. The van der Waals surface area contributed by atoms with E-state index >= 15 is 0 Å². The van der Waals surface area contributed by atoms with Crippen LogP contribution in [0, 0.1) is 44.8 Å². The predicted molar refractivity (Wildman–Crippen MR) is 205 cm³/mol. The van der Waals surface area contributed by atoms with Crippen LogP contribution in [0.4, 0.5) is 0 Å². The molecule has 14 heteroatoms. The quantitative estimate of drug-likeness (QED) is 0.136. The van der Waals surface area contributed by atoms with E-state index in [2.05, 4.69) is 41.5 Å². The summed E-state index contributed by atoms with van der Waals surface area (Å²) in [6, 6.07) is 0. The van der Waals surface area contributed by atoms with Crippen molar-refractivity contribution in [3.8, 4) is 0 Å². The second-order valence-corrected chi connectivity index (χ2v) is 21.4. The number of ether oxygens (including phenoxy) is 5. The fourth-order valence-corrected chi connectivity index (χ4v) is 13.8. The van der Waals surface area contributed by atoms with Crippen LogP contribution in [0.25, 0.3) is 0 Å². The molecule has 57 heavy (non-hydrogen) atoms. The third-order valence-electron chi connectivity index (χ3n) is 17.7. The van der Waals surface area contributed by atoms with Gasteiger partial charge in [0.25, 0.3) is 0 Å². The standard InChI is InChI=1S/C43H74O14/c1-21(22(2)45)25-9-12-41(8,57-25)34-23(46)17-38(3,4)40(34,7)15-16-42-13-10-26(54-37-33(52)31(50)30(49)27(18-44)55-37)35-39(5,6)28(11-14-43(35,42)20-42)56-36-32(51)29(48)24(47)19-53-36/h21-37,44-52H,9-20H2,1-8H3/t21?,22?,23-,24+,25-,26-,27+,28-,29-,30+,31-,32+,33+,34-,35-,36-,37+,40+,41+,42-,43+/m0/s1. The Balaban J connectivity index is 1.17. The maximum atomic E-state index is 11.9. The molecule has 4 aliphatic carbocycles. The Labute approximate surface area is 338 Å². The van der Waals surface area contributed by atoms with Crippen LogP contribution in [-0.4, -0.2) is 151 Å². The van der Waals surface area contributed by atoms with Crippen molar-refractivity contribution in [2.75, 3.05) is 13.2 Å². The minimum atomic E-state index is -1.57. The monoisotopic (exact) mass is 815 g/mol. The predicted octanol–water partition coefficient (Wildman–Crippen LogP) is 1.75. The molecule has 0 amide bonds. The van der Waals surface area contributed by atoms with Crippen molar-refractivity contribution >= 4 is 0 Å². The van der Waals surface area contributed by atoms with Gasteiger partial charge in [-0.2, -0.15) is 0 Å². The first-order valence-electron chi connectivity index (χ1n) is 21.8. The normalized spacial score (nSPS) is 54.2.